The maximum absolute atomic E-state index is 14.1. The number of carbonyl (C=O) groups excluding carboxylic acids is 5. The summed E-state index contributed by atoms with van der Waals surface area (Å²) >= 11 is 0. The summed E-state index contributed by atoms with van der Waals surface area (Å²) in [4.78, 5) is 80.1. The monoisotopic (exact) mass is 711 g/mol. The molecule has 13 nitrogen and oxygen atoms in total. The molecule has 4 atom stereocenters. The normalized spacial score (nSPS) is 18.2. The maximum Gasteiger partial charge on any atom is 0.408 e. The first-order chi connectivity index (χ1) is 24.4. The van der Waals surface area contributed by atoms with E-state index in [-0.39, 0.29) is 43.1 Å². The van der Waals surface area contributed by atoms with Crippen molar-refractivity contribution < 1.29 is 38.6 Å². The number of nitrogens with zero attached hydrogens (tertiary/aromatic N) is 1. The van der Waals surface area contributed by atoms with Crippen LogP contribution in [0.5, 0.6) is 0 Å². The van der Waals surface area contributed by atoms with E-state index >= 15 is 0 Å². The van der Waals surface area contributed by atoms with Crippen LogP contribution in [0.4, 0.5) is 4.79 Å². The molecule has 1 saturated carbocycles. The van der Waals surface area contributed by atoms with E-state index in [1.165, 1.54) is 11.0 Å². The summed E-state index contributed by atoms with van der Waals surface area (Å²) in [6.07, 6.45) is 8.32. The Balaban J connectivity index is 1.71. The minimum Gasteiger partial charge on any atom is -0.478 e. The van der Waals surface area contributed by atoms with Gasteiger partial charge in [0.25, 0.3) is 0 Å². The van der Waals surface area contributed by atoms with Crippen molar-refractivity contribution in [2.75, 3.05) is 13.1 Å². The summed E-state index contributed by atoms with van der Waals surface area (Å²) < 4.78 is 5.31. The van der Waals surface area contributed by atoms with E-state index in [0.717, 1.165) is 50.2 Å². The molecule has 2 aliphatic rings. The maximum atomic E-state index is 14.1. The number of allylic oxidation sites excluding steroid dienone is 1. The zero-order chi connectivity index (χ0) is 37.3. The van der Waals surface area contributed by atoms with Crippen LogP contribution >= 0.6 is 0 Å². The van der Waals surface area contributed by atoms with Gasteiger partial charge in [-0.3, -0.25) is 19.2 Å². The number of hydrogen-bond donors (Lipinski definition) is 5. The molecule has 51 heavy (non-hydrogen) atoms. The summed E-state index contributed by atoms with van der Waals surface area (Å²) in [5.74, 6) is -2.71. The van der Waals surface area contributed by atoms with Crippen molar-refractivity contribution in [1.29, 1.82) is 0 Å². The van der Waals surface area contributed by atoms with Gasteiger partial charge in [-0.15, -0.1) is 0 Å². The number of nitrogens with one attached hydrogen (secondary N) is 4. The molecule has 1 heterocycles. The molecular weight excluding hydrogens is 654 g/mol. The van der Waals surface area contributed by atoms with Gasteiger partial charge in [0.05, 0.1) is 0 Å². The van der Waals surface area contributed by atoms with E-state index in [4.69, 9.17) is 9.84 Å². The van der Waals surface area contributed by atoms with Gasteiger partial charge in [0.15, 0.2) is 0 Å². The smallest absolute Gasteiger partial charge is 0.408 e. The average molecular weight is 712 g/mol. The second kappa shape index (κ2) is 21.1. The molecule has 5 amide bonds. The van der Waals surface area contributed by atoms with Crippen LogP contribution in [0.1, 0.15) is 97.5 Å². The molecule has 1 aromatic rings. The van der Waals surface area contributed by atoms with Gasteiger partial charge in [-0.25, -0.2) is 9.59 Å². The Morgan fingerprint density at radius 2 is 1.59 bits per heavy atom. The number of ether oxygens (including phenoxy) is 1. The molecule has 3 rings (SSSR count). The van der Waals surface area contributed by atoms with E-state index in [0.29, 0.717) is 31.8 Å². The zero-order valence-corrected chi connectivity index (χ0v) is 30.5. The number of aliphatic carboxylic acids is 1. The molecule has 2 fully saturated rings. The van der Waals surface area contributed by atoms with Gasteiger partial charge in [-0.05, 0) is 68.3 Å². The highest BCUT2D eigenvalue weighted by molar-refractivity contribution is 5.96. The average Bonchev–Trinajstić information content (AvgIpc) is 3.60. The zero-order valence-electron chi connectivity index (χ0n) is 30.5. The third-order valence-electron chi connectivity index (χ3n) is 9.50. The van der Waals surface area contributed by atoms with Gasteiger partial charge >= 0.3 is 12.1 Å². The fourth-order valence-electron chi connectivity index (χ4n) is 6.58. The summed E-state index contributed by atoms with van der Waals surface area (Å²) in [5, 5.41) is 20.3. The van der Waals surface area contributed by atoms with Crippen molar-refractivity contribution >= 4 is 35.7 Å². The van der Waals surface area contributed by atoms with Gasteiger partial charge in [0, 0.05) is 19.2 Å². The largest absolute Gasteiger partial charge is 0.478 e. The Morgan fingerprint density at radius 3 is 2.24 bits per heavy atom. The van der Waals surface area contributed by atoms with Crippen molar-refractivity contribution in [3.8, 4) is 0 Å². The van der Waals surface area contributed by atoms with Crippen LogP contribution < -0.4 is 21.3 Å². The van der Waals surface area contributed by atoms with E-state index < -0.39 is 48.0 Å². The first-order valence-corrected chi connectivity index (χ1v) is 18.4. The Hall–Kier alpha value is -4.42. The van der Waals surface area contributed by atoms with Crippen LogP contribution in [0.15, 0.2) is 42.5 Å². The molecule has 282 valence electrons. The van der Waals surface area contributed by atoms with Gasteiger partial charge in [-0.2, -0.15) is 0 Å². The third-order valence-corrected chi connectivity index (χ3v) is 9.50. The summed E-state index contributed by atoms with van der Waals surface area (Å²) in [6, 6.07) is 5.39. The predicted molar refractivity (Wildman–Crippen MR) is 192 cm³/mol. The molecule has 1 aliphatic heterocycles. The minimum atomic E-state index is -1.14. The molecule has 13 heteroatoms. The molecule has 1 aliphatic carbocycles. The fraction of sp³-hybridized carbons (Fsp3) is 0.632. The first kappa shape index (κ1) is 41.0. The molecular formula is C38H57N5O8. The van der Waals surface area contributed by atoms with Crippen LogP contribution in [0.25, 0.3) is 0 Å². The van der Waals surface area contributed by atoms with E-state index in [1.807, 2.05) is 6.07 Å². The lowest BCUT2D eigenvalue weighted by Crippen LogP contribution is -2.60. The van der Waals surface area contributed by atoms with Gasteiger partial charge in [0.1, 0.15) is 30.8 Å². The number of carboxylic acids is 1. The molecule has 0 bridgehead atoms. The Morgan fingerprint density at radius 1 is 0.882 bits per heavy atom. The van der Waals surface area contributed by atoms with Crippen molar-refractivity contribution in [2.45, 2.75) is 123 Å². The predicted octanol–water partition coefficient (Wildman–Crippen LogP) is 4.06. The second-order valence-electron chi connectivity index (χ2n) is 14.4. The number of benzene rings is 1. The number of amides is 5. The van der Waals surface area contributed by atoms with E-state index in [1.54, 1.807) is 38.1 Å². The van der Waals surface area contributed by atoms with Crippen molar-refractivity contribution in [1.82, 2.24) is 26.2 Å². The minimum absolute atomic E-state index is 0.0177. The van der Waals surface area contributed by atoms with Crippen LogP contribution in [-0.2, 0) is 35.3 Å². The number of carboxylic acid groups (broad SMARTS) is 1. The molecule has 1 saturated heterocycles. The molecule has 0 radical (unpaired) electrons. The van der Waals surface area contributed by atoms with Crippen molar-refractivity contribution in [2.24, 2.45) is 17.8 Å². The Labute approximate surface area is 301 Å². The van der Waals surface area contributed by atoms with Crippen LogP contribution in [0.3, 0.4) is 0 Å². The van der Waals surface area contributed by atoms with Crippen LogP contribution in [0, 0.1) is 17.8 Å². The topological polar surface area (TPSA) is 183 Å². The van der Waals surface area contributed by atoms with Crippen molar-refractivity contribution in [3.63, 3.8) is 0 Å². The highest BCUT2D eigenvalue weighted by Crippen LogP contribution is 2.28. The lowest BCUT2D eigenvalue weighted by Gasteiger charge is -2.34. The number of rotatable bonds is 18. The highest BCUT2D eigenvalue weighted by atomic mass is 16.5. The third kappa shape index (κ3) is 13.7. The lowest BCUT2D eigenvalue weighted by atomic mass is 9.83. The highest BCUT2D eigenvalue weighted by Gasteiger charge is 2.41. The second-order valence-corrected chi connectivity index (χ2v) is 14.4. The Kier molecular flexibility index (Phi) is 16.9. The Bertz CT molecular complexity index is 1340. The summed E-state index contributed by atoms with van der Waals surface area (Å²) in [6.45, 7) is 8.55. The van der Waals surface area contributed by atoms with E-state index in [2.05, 4.69) is 35.1 Å². The molecule has 1 aromatic carbocycles. The van der Waals surface area contributed by atoms with Gasteiger partial charge in [0.2, 0.25) is 23.6 Å². The van der Waals surface area contributed by atoms with Crippen LogP contribution in [-0.4, -0.2) is 83.0 Å². The number of likely N-dealkylation sites (tertiary alicyclic amines) is 1. The van der Waals surface area contributed by atoms with E-state index in [9.17, 15) is 28.8 Å². The summed E-state index contributed by atoms with van der Waals surface area (Å²) in [5.41, 5.74) is 0.754. The molecule has 1 unspecified atom stereocenters. The summed E-state index contributed by atoms with van der Waals surface area (Å²) in [7, 11) is 0. The number of hydrogen-bond acceptors (Lipinski definition) is 7. The molecule has 0 spiro atoms. The van der Waals surface area contributed by atoms with Crippen LogP contribution in [0.2, 0.25) is 0 Å². The van der Waals surface area contributed by atoms with Gasteiger partial charge < -0.3 is 36.0 Å². The standard InChI is InChI=1S/C38H57N5O8/c1-25(2)21-22-39-36(48)33(28-16-9-6-10-17-28)42-35(47)30-19-13-23-43(30)37(49)32(26(3)4)41-34(46)29(18-11-12-20-31(44)45)40-38(50)51-24-27-14-7-5-8-15-27/h5,7-8,12,14-15,20,25-26,28-30,32-33H,6,9-11,13,16-19,21-24H2,1-4H3,(H,39,48)(H,40,50)(H,41,46)(H,42,47)(H,44,45)/t29?,30-,32-,33-/m0/s1. The quantitative estimate of drug-likeness (QED) is 0.141. The lowest BCUT2D eigenvalue weighted by molar-refractivity contribution is -0.143. The van der Waals surface area contributed by atoms with Gasteiger partial charge in [-0.1, -0.05) is 83.4 Å². The number of alkyl carbamates (subject to hydrolysis) is 1. The SMILES string of the molecule is CC(C)CCNC(=O)[C@@H](NC(=O)[C@@H]1CCCN1C(=O)[C@@H](NC(=O)C(CCC=CC(=O)O)NC(=O)OCc1ccccc1)C(C)C)C1CCCCC1. The fourth-order valence-corrected chi connectivity index (χ4v) is 6.58. The van der Waals surface area contributed by atoms with Crippen molar-refractivity contribution in [3.05, 3.63) is 48.0 Å². The number of carbonyl (C=O) groups is 6. The molecule has 0 aromatic heterocycles. The molecule has 5 N–H and O–H groups in total. The first-order valence-electron chi connectivity index (χ1n) is 18.4.